The summed E-state index contributed by atoms with van der Waals surface area (Å²) < 4.78 is 29.7. The molecule has 112 valence electrons. The Kier molecular flexibility index (Phi) is 4.02. The quantitative estimate of drug-likeness (QED) is 0.837. The molecule has 1 saturated heterocycles. The summed E-state index contributed by atoms with van der Waals surface area (Å²) in [6.07, 6.45) is 4.15. The Hall–Kier alpha value is -0.130. The lowest BCUT2D eigenvalue weighted by molar-refractivity contribution is 0.0330. The smallest absolute Gasteiger partial charge is 0.155 e. The number of sulfone groups is 1. The predicted octanol–water partition coefficient (Wildman–Crippen LogP) is 1.73. The summed E-state index contributed by atoms with van der Waals surface area (Å²) >= 11 is 0. The summed E-state index contributed by atoms with van der Waals surface area (Å²) in [5, 5.41) is 0. The van der Waals surface area contributed by atoms with Crippen LogP contribution in [0.15, 0.2) is 0 Å². The van der Waals surface area contributed by atoms with Crippen molar-refractivity contribution in [1.82, 2.24) is 0 Å². The monoisotopic (exact) mass is 289 g/mol. The van der Waals surface area contributed by atoms with Gasteiger partial charge in [-0.3, -0.25) is 0 Å². The standard InChI is InChI=1S/C14H27NO3S/c1-13(2,3)19(16,17)9-7-14(10-15)6-8-18-12(14)11-4-5-11/h11-12H,4-10,15H2,1-3H3. The molecule has 19 heavy (non-hydrogen) atoms. The van der Waals surface area contributed by atoms with Gasteiger partial charge in [-0.25, -0.2) is 8.42 Å². The van der Waals surface area contributed by atoms with Crippen molar-refractivity contribution in [2.45, 2.75) is 57.3 Å². The minimum Gasteiger partial charge on any atom is -0.377 e. The van der Waals surface area contributed by atoms with Crippen molar-refractivity contribution in [3.63, 3.8) is 0 Å². The maximum Gasteiger partial charge on any atom is 0.155 e. The number of hydrogen-bond donors (Lipinski definition) is 1. The molecule has 2 N–H and O–H groups in total. The highest BCUT2D eigenvalue weighted by molar-refractivity contribution is 7.92. The van der Waals surface area contributed by atoms with E-state index in [0.717, 1.165) is 13.0 Å². The van der Waals surface area contributed by atoms with Crippen LogP contribution in [0, 0.1) is 11.3 Å². The van der Waals surface area contributed by atoms with Crippen molar-refractivity contribution in [2.75, 3.05) is 18.9 Å². The van der Waals surface area contributed by atoms with E-state index in [1.807, 2.05) is 0 Å². The van der Waals surface area contributed by atoms with Crippen LogP contribution in [0.4, 0.5) is 0 Å². The van der Waals surface area contributed by atoms with Crippen molar-refractivity contribution in [1.29, 1.82) is 0 Å². The second kappa shape index (κ2) is 5.01. The molecule has 2 aliphatic rings. The molecule has 2 rings (SSSR count). The summed E-state index contributed by atoms with van der Waals surface area (Å²) in [5.41, 5.74) is 5.88. The van der Waals surface area contributed by atoms with Crippen LogP contribution >= 0.6 is 0 Å². The molecule has 1 aliphatic carbocycles. The van der Waals surface area contributed by atoms with E-state index in [-0.39, 0.29) is 17.3 Å². The van der Waals surface area contributed by atoms with Gasteiger partial charge in [0.05, 0.1) is 16.6 Å². The number of rotatable bonds is 5. The van der Waals surface area contributed by atoms with E-state index in [0.29, 0.717) is 18.9 Å². The van der Waals surface area contributed by atoms with E-state index in [9.17, 15) is 8.42 Å². The van der Waals surface area contributed by atoms with E-state index in [1.54, 1.807) is 20.8 Å². The summed E-state index contributed by atoms with van der Waals surface area (Å²) in [4.78, 5) is 0. The molecule has 0 radical (unpaired) electrons. The normalized spacial score (nSPS) is 32.7. The molecular weight excluding hydrogens is 262 g/mol. The van der Waals surface area contributed by atoms with E-state index in [4.69, 9.17) is 10.5 Å². The molecule has 1 aliphatic heterocycles. The Morgan fingerprint density at radius 1 is 1.32 bits per heavy atom. The lowest BCUT2D eigenvalue weighted by atomic mass is 9.76. The molecule has 2 unspecified atom stereocenters. The highest BCUT2D eigenvalue weighted by Gasteiger charge is 2.50. The van der Waals surface area contributed by atoms with Crippen molar-refractivity contribution >= 4 is 9.84 Å². The van der Waals surface area contributed by atoms with Crippen molar-refractivity contribution in [3.8, 4) is 0 Å². The highest BCUT2D eigenvalue weighted by atomic mass is 32.2. The number of hydrogen-bond acceptors (Lipinski definition) is 4. The van der Waals surface area contributed by atoms with E-state index in [2.05, 4.69) is 0 Å². The number of nitrogens with two attached hydrogens (primary N) is 1. The maximum absolute atomic E-state index is 12.3. The van der Waals surface area contributed by atoms with Crippen LogP contribution < -0.4 is 5.73 Å². The minimum atomic E-state index is -3.07. The van der Waals surface area contributed by atoms with Gasteiger partial charge in [0.1, 0.15) is 0 Å². The first-order chi connectivity index (χ1) is 8.72. The molecule has 1 saturated carbocycles. The van der Waals surface area contributed by atoms with Crippen LogP contribution in [0.3, 0.4) is 0 Å². The Bertz CT molecular complexity index is 422. The van der Waals surface area contributed by atoms with Crippen molar-refractivity contribution in [2.24, 2.45) is 17.1 Å². The third-order valence-corrected chi connectivity index (χ3v) is 7.37. The Morgan fingerprint density at radius 2 is 1.95 bits per heavy atom. The summed E-state index contributed by atoms with van der Waals surface area (Å²) in [6, 6.07) is 0. The van der Waals surface area contributed by atoms with Crippen molar-refractivity contribution < 1.29 is 13.2 Å². The topological polar surface area (TPSA) is 69.4 Å². The average molecular weight is 289 g/mol. The Balaban J connectivity index is 2.07. The average Bonchev–Trinajstić information content (AvgIpc) is 3.06. The molecule has 0 spiro atoms. The second-order valence-corrected chi connectivity index (χ2v) is 9.99. The zero-order valence-corrected chi connectivity index (χ0v) is 13.1. The van der Waals surface area contributed by atoms with Gasteiger partial charge < -0.3 is 10.5 Å². The Labute approximate surface area is 117 Å². The molecule has 5 heteroatoms. The van der Waals surface area contributed by atoms with Gasteiger partial charge in [0.15, 0.2) is 9.84 Å². The van der Waals surface area contributed by atoms with Crippen LogP contribution in [0.5, 0.6) is 0 Å². The molecule has 4 nitrogen and oxygen atoms in total. The largest absolute Gasteiger partial charge is 0.377 e. The fourth-order valence-electron chi connectivity index (χ4n) is 2.97. The fourth-order valence-corrected chi connectivity index (χ4v) is 4.26. The van der Waals surface area contributed by atoms with Gasteiger partial charge in [-0.1, -0.05) is 0 Å². The van der Waals surface area contributed by atoms with E-state index >= 15 is 0 Å². The maximum atomic E-state index is 12.3. The van der Waals surface area contributed by atoms with Gasteiger partial charge in [0.25, 0.3) is 0 Å². The van der Waals surface area contributed by atoms with Gasteiger partial charge in [-0.05, 0) is 52.4 Å². The van der Waals surface area contributed by atoms with Crippen LogP contribution in [0.1, 0.15) is 46.5 Å². The SMILES string of the molecule is CC(C)(C)S(=O)(=O)CCC1(CN)CCOC1C1CC1. The first-order valence-electron chi connectivity index (χ1n) is 7.26. The molecule has 0 aromatic rings. The summed E-state index contributed by atoms with van der Waals surface area (Å²) in [7, 11) is -3.07. The lowest BCUT2D eigenvalue weighted by Crippen LogP contribution is -2.42. The molecule has 0 amide bonds. The van der Waals surface area contributed by atoms with Gasteiger partial charge in [-0.2, -0.15) is 0 Å². The van der Waals surface area contributed by atoms with E-state index in [1.165, 1.54) is 12.8 Å². The van der Waals surface area contributed by atoms with Gasteiger partial charge in [-0.15, -0.1) is 0 Å². The first-order valence-corrected chi connectivity index (χ1v) is 8.91. The third kappa shape index (κ3) is 2.98. The molecule has 0 bridgehead atoms. The molecule has 2 fully saturated rings. The van der Waals surface area contributed by atoms with E-state index < -0.39 is 14.6 Å². The second-order valence-electron chi connectivity index (χ2n) is 7.13. The van der Waals surface area contributed by atoms with Crippen LogP contribution in [0.2, 0.25) is 0 Å². The van der Waals surface area contributed by atoms with Crippen LogP contribution in [-0.2, 0) is 14.6 Å². The zero-order chi connectivity index (χ0) is 14.3. The molecule has 0 aromatic carbocycles. The molecule has 2 atom stereocenters. The third-order valence-electron chi connectivity index (χ3n) is 4.76. The first kappa shape index (κ1) is 15.3. The van der Waals surface area contributed by atoms with Crippen LogP contribution in [0.25, 0.3) is 0 Å². The van der Waals surface area contributed by atoms with Crippen molar-refractivity contribution in [3.05, 3.63) is 0 Å². The van der Waals surface area contributed by atoms with Gasteiger partial charge >= 0.3 is 0 Å². The number of ether oxygens (including phenoxy) is 1. The molecular formula is C14H27NO3S. The summed E-state index contributed by atoms with van der Waals surface area (Å²) in [5.74, 6) is 0.837. The van der Waals surface area contributed by atoms with Crippen LogP contribution in [-0.4, -0.2) is 38.2 Å². The van der Waals surface area contributed by atoms with Gasteiger partial charge in [0, 0.05) is 18.6 Å². The highest BCUT2D eigenvalue weighted by Crippen LogP contribution is 2.49. The lowest BCUT2D eigenvalue weighted by Gasteiger charge is -2.34. The van der Waals surface area contributed by atoms with Gasteiger partial charge in [0.2, 0.25) is 0 Å². The molecule has 0 aromatic heterocycles. The zero-order valence-electron chi connectivity index (χ0n) is 12.3. The predicted molar refractivity (Wildman–Crippen MR) is 76.7 cm³/mol. The summed E-state index contributed by atoms with van der Waals surface area (Å²) in [6.45, 7) is 6.56. The minimum absolute atomic E-state index is 0.112. The Morgan fingerprint density at radius 3 is 2.42 bits per heavy atom. The fraction of sp³-hybridized carbons (Fsp3) is 1.00. The molecule has 1 heterocycles.